The van der Waals surface area contributed by atoms with Gasteiger partial charge in [-0.3, -0.25) is 10.8 Å². The number of nitrogen functional groups attached to an aromatic ring is 1. The van der Waals surface area contributed by atoms with E-state index >= 15 is 0 Å². The second kappa shape index (κ2) is 6.05. The van der Waals surface area contributed by atoms with Crippen LogP contribution in [0.15, 0.2) is 18.2 Å². The molecule has 0 bridgehead atoms. The number of nitrogens with zero attached hydrogens (tertiary/aromatic N) is 1. The van der Waals surface area contributed by atoms with Gasteiger partial charge in [0.15, 0.2) is 5.90 Å². The number of piperidine rings is 1. The molecule has 0 aliphatic carbocycles. The highest BCUT2D eigenvalue weighted by Crippen LogP contribution is 2.19. The number of benzene rings is 1. The van der Waals surface area contributed by atoms with E-state index in [0.29, 0.717) is 11.3 Å². The number of ether oxygens (including phenoxy) is 1. The minimum absolute atomic E-state index is 0.0337. The molecule has 1 fully saturated rings. The van der Waals surface area contributed by atoms with Crippen LogP contribution in [-0.4, -0.2) is 36.8 Å². The van der Waals surface area contributed by atoms with Crippen molar-refractivity contribution in [2.45, 2.75) is 19.8 Å². The van der Waals surface area contributed by atoms with Crippen LogP contribution in [0.1, 0.15) is 24.0 Å². The third-order valence-corrected chi connectivity index (χ3v) is 3.80. The number of nitrogens with two attached hydrogens (primary N) is 1. The first-order valence-corrected chi connectivity index (χ1v) is 6.87. The summed E-state index contributed by atoms with van der Waals surface area (Å²) in [5.74, 6) is 0.367. The number of rotatable bonds is 2. The molecule has 108 valence electrons. The van der Waals surface area contributed by atoms with E-state index < -0.39 is 0 Å². The van der Waals surface area contributed by atoms with Crippen molar-refractivity contribution in [2.24, 2.45) is 5.92 Å². The predicted molar refractivity (Wildman–Crippen MR) is 81.5 cm³/mol. The van der Waals surface area contributed by atoms with Gasteiger partial charge in [-0.2, -0.15) is 0 Å². The van der Waals surface area contributed by atoms with Crippen LogP contribution in [0.5, 0.6) is 0 Å². The van der Waals surface area contributed by atoms with Crippen LogP contribution in [-0.2, 0) is 4.74 Å². The molecule has 0 aromatic heterocycles. The number of aryl methyl sites for hydroxylation is 1. The van der Waals surface area contributed by atoms with Crippen molar-refractivity contribution in [3.8, 4) is 0 Å². The maximum Gasteiger partial charge on any atom is 0.221 e. The van der Waals surface area contributed by atoms with E-state index in [1.165, 1.54) is 0 Å². The van der Waals surface area contributed by atoms with Crippen molar-refractivity contribution in [1.82, 2.24) is 4.90 Å². The van der Waals surface area contributed by atoms with Crippen LogP contribution >= 0.6 is 0 Å². The largest absolute Gasteiger partial charge is 0.425 e. The third-order valence-electron chi connectivity index (χ3n) is 3.80. The molecule has 1 aliphatic rings. The Morgan fingerprint density at radius 1 is 1.30 bits per heavy atom. The summed E-state index contributed by atoms with van der Waals surface area (Å²) in [6.07, 6.45) is 1.84. The molecule has 0 radical (unpaired) electrons. The average Bonchev–Trinajstić information content (AvgIpc) is 2.39. The molecular formula is C15H22N4O. The Labute approximate surface area is 119 Å². The second-order valence-electron chi connectivity index (χ2n) is 5.45. The molecule has 0 unspecified atom stereocenters. The van der Waals surface area contributed by atoms with E-state index in [1.54, 1.807) is 12.1 Å². The maximum atomic E-state index is 8.04. The van der Waals surface area contributed by atoms with Crippen molar-refractivity contribution in [1.29, 1.82) is 10.8 Å². The number of nitrogens with one attached hydrogen (secondary N) is 2. The van der Waals surface area contributed by atoms with Crippen LogP contribution in [0.25, 0.3) is 0 Å². The van der Waals surface area contributed by atoms with Gasteiger partial charge in [0.25, 0.3) is 0 Å². The van der Waals surface area contributed by atoms with Crippen molar-refractivity contribution in [2.75, 3.05) is 25.9 Å². The van der Waals surface area contributed by atoms with E-state index in [4.69, 9.17) is 21.3 Å². The molecule has 1 saturated heterocycles. The van der Waals surface area contributed by atoms with Gasteiger partial charge in [0.05, 0.1) is 0 Å². The quantitative estimate of drug-likeness (QED) is 0.439. The normalized spacial score (nSPS) is 16.9. The Morgan fingerprint density at radius 3 is 2.55 bits per heavy atom. The molecule has 4 N–H and O–H groups in total. The lowest BCUT2D eigenvalue weighted by Crippen LogP contribution is -2.34. The minimum atomic E-state index is 0.0337. The molecule has 1 heterocycles. The van der Waals surface area contributed by atoms with Crippen LogP contribution in [0.3, 0.4) is 0 Å². The lowest BCUT2D eigenvalue weighted by atomic mass is 9.97. The van der Waals surface area contributed by atoms with Gasteiger partial charge in [-0.05, 0) is 63.7 Å². The SMILES string of the molecule is Cc1cc(N)ccc1C(=N)OC(=N)C1CCN(C)CC1. The number of anilines is 1. The fourth-order valence-corrected chi connectivity index (χ4v) is 2.46. The van der Waals surface area contributed by atoms with Gasteiger partial charge in [0, 0.05) is 17.2 Å². The summed E-state index contributed by atoms with van der Waals surface area (Å²) >= 11 is 0. The van der Waals surface area contributed by atoms with Crippen molar-refractivity contribution in [3.05, 3.63) is 29.3 Å². The van der Waals surface area contributed by atoms with Crippen molar-refractivity contribution < 1.29 is 4.74 Å². The van der Waals surface area contributed by atoms with E-state index in [2.05, 4.69) is 11.9 Å². The van der Waals surface area contributed by atoms with Crippen molar-refractivity contribution in [3.63, 3.8) is 0 Å². The Bertz CT molecular complexity index is 519. The summed E-state index contributed by atoms with van der Waals surface area (Å²) in [7, 11) is 2.08. The molecule has 2 rings (SSSR count). The zero-order valence-electron chi connectivity index (χ0n) is 12.1. The first-order valence-electron chi connectivity index (χ1n) is 6.87. The Balaban J connectivity index is 1.99. The van der Waals surface area contributed by atoms with Crippen LogP contribution in [0, 0.1) is 23.7 Å². The minimum Gasteiger partial charge on any atom is -0.425 e. The number of hydrogen-bond donors (Lipinski definition) is 3. The summed E-state index contributed by atoms with van der Waals surface area (Å²) in [6.45, 7) is 3.85. The topological polar surface area (TPSA) is 86.2 Å². The molecular weight excluding hydrogens is 252 g/mol. The Hall–Kier alpha value is -1.88. The highest BCUT2D eigenvalue weighted by molar-refractivity contribution is 6.00. The molecule has 5 heteroatoms. The summed E-state index contributed by atoms with van der Waals surface area (Å²) in [5, 5.41) is 16.1. The molecule has 0 amide bonds. The fraction of sp³-hybridized carbons (Fsp3) is 0.467. The summed E-state index contributed by atoms with van der Waals surface area (Å²) in [6, 6.07) is 5.33. The molecule has 0 atom stereocenters. The zero-order chi connectivity index (χ0) is 14.7. The second-order valence-corrected chi connectivity index (χ2v) is 5.45. The van der Waals surface area contributed by atoms with E-state index in [9.17, 15) is 0 Å². The summed E-state index contributed by atoms with van der Waals surface area (Å²) < 4.78 is 5.44. The summed E-state index contributed by atoms with van der Waals surface area (Å²) in [4.78, 5) is 2.25. The van der Waals surface area contributed by atoms with Gasteiger partial charge in [-0.15, -0.1) is 0 Å². The third kappa shape index (κ3) is 3.36. The molecule has 20 heavy (non-hydrogen) atoms. The van der Waals surface area contributed by atoms with Crippen LogP contribution in [0.2, 0.25) is 0 Å². The smallest absolute Gasteiger partial charge is 0.221 e. The van der Waals surface area contributed by atoms with Gasteiger partial charge in [-0.1, -0.05) is 0 Å². The van der Waals surface area contributed by atoms with Gasteiger partial charge in [0.1, 0.15) is 0 Å². The molecule has 0 saturated carbocycles. The van der Waals surface area contributed by atoms with Gasteiger partial charge in [-0.25, -0.2) is 0 Å². The van der Waals surface area contributed by atoms with Gasteiger partial charge < -0.3 is 15.4 Å². The monoisotopic (exact) mass is 274 g/mol. The predicted octanol–water partition coefficient (Wildman–Crippen LogP) is 2.24. The molecule has 0 spiro atoms. The fourth-order valence-electron chi connectivity index (χ4n) is 2.46. The van der Waals surface area contributed by atoms with Crippen LogP contribution in [0.4, 0.5) is 5.69 Å². The molecule has 1 aromatic carbocycles. The Morgan fingerprint density at radius 2 is 1.95 bits per heavy atom. The van der Waals surface area contributed by atoms with Crippen LogP contribution < -0.4 is 5.73 Å². The lowest BCUT2D eigenvalue weighted by molar-refractivity contribution is 0.240. The molecule has 1 aliphatic heterocycles. The van der Waals surface area contributed by atoms with E-state index in [0.717, 1.165) is 31.5 Å². The molecule has 1 aromatic rings. The highest BCUT2D eigenvalue weighted by Gasteiger charge is 2.23. The lowest BCUT2D eigenvalue weighted by Gasteiger charge is -2.28. The maximum absolute atomic E-state index is 8.04. The summed E-state index contributed by atoms with van der Waals surface area (Å²) in [5.41, 5.74) is 7.96. The Kier molecular flexibility index (Phi) is 4.39. The zero-order valence-corrected chi connectivity index (χ0v) is 12.1. The standard InChI is InChI=1S/C15H22N4O/c1-10-9-12(16)3-4-13(10)15(18)20-14(17)11-5-7-19(2)8-6-11/h3-4,9,11,17-18H,5-8,16H2,1-2H3. The van der Waals surface area contributed by atoms with E-state index in [-0.39, 0.29) is 17.7 Å². The average molecular weight is 274 g/mol. The number of likely N-dealkylation sites (tertiary alicyclic amines) is 1. The first kappa shape index (κ1) is 14.5. The first-order chi connectivity index (χ1) is 9.47. The molecule has 5 nitrogen and oxygen atoms in total. The van der Waals surface area contributed by atoms with E-state index in [1.807, 2.05) is 13.0 Å². The van der Waals surface area contributed by atoms with Crippen molar-refractivity contribution >= 4 is 17.5 Å². The highest BCUT2D eigenvalue weighted by atomic mass is 16.5. The number of hydrogen-bond acceptors (Lipinski definition) is 5. The van der Waals surface area contributed by atoms with Gasteiger partial charge in [0.2, 0.25) is 5.90 Å². The van der Waals surface area contributed by atoms with Gasteiger partial charge >= 0.3 is 0 Å².